The van der Waals surface area contributed by atoms with E-state index in [0.29, 0.717) is 12.6 Å². The SMILES string of the molecule is CC(=O)NCCNC(C)Cc1ccccc1C. The lowest BCUT2D eigenvalue weighted by atomic mass is 10.0. The number of benzene rings is 1. The van der Waals surface area contributed by atoms with Gasteiger partial charge in [0.25, 0.3) is 0 Å². The van der Waals surface area contributed by atoms with Crippen molar-refractivity contribution in [1.82, 2.24) is 10.6 Å². The van der Waals surface area contributed by atoms with Gasteiger partial charge in [-0.25, -0.2) is 0 Å². The molecule has 3 nitrogen and oxygen atoms in total. The molecule has 0 saturated heterocycles. The zero-order chi connectivity index (χ0) is 12.7. The Morgan fingerprint density at radius 3 is 2.65 bits per heavy atom. The maximum Gasteiger partial charge on any atom is 0.216 e. The van der Waals surface area contributed by atoms with Gasteiger partial charge in [0.1, 0.15) is 0 Å². The van der Waals surface area contributed by atoms with E-state index in [1.807, 2.05) is 0 Å². The highest BCUT2D eigenvalue weighted by atomic mass is 16.1. The molecule has 1 rings (SSSR count). The van der Waals surface area contributed by atoms with Crippen molar-refractivity contribution in [2.75, 3.05) is 13.1 Å². The molecule has 1 aromatic rings. The van der Waals surface area contributed by atoms with Crippen LogP contribution in [0.15, 0.2) is 24.3 Å². The number of hydrogen-bond donors (Lipinski definition) is 2. The number of carbonyl (C=O) groups excluding carboxylic acids is 1. The molecule has 0 fully saturated rings. The zero-order valence-electron chi connectivity index (χ0n) is 10.9. The first-order valence-electron chi connectivity index (χ1n) is 6.12. The number of carbonyl (C=O) groups is 1. The molecule has 0 aliphatic carbocycles. The van der Waals surface area contributed by atoms with Gasteiger partial charge in [-0.2, -0.15) is 0 Å². The molecule has 1 aromatic carbocycles. The van der Waals surface area contributed by atoms with E-state index in [2.05, 4.69) is 48.7 Å². The molecule has 0 heterocycles. The minimum absolute atomic E-state index is 0.0263. The van der Waals surface area contributed by atoms with E-state index in [9.17, 15) is 4.79 Å². The highest BCUT2D eigenvalue weighted by Gasteiger charge is 2.04. The van der Waals surface area contributed by atoms with E-state index < -0.39 is 0 Å². The van der Waals surface area contributed by atoms with E-state index in [4.69, 9.17) is 0 Å². The molecule has 1 amide bonds. The van der Waals surface area contributed by atoms with Crippen molar-refractivity contribution in [1.29, 1.82) is 0 Å². The van der Waals surface area contributed by atoms with Gasteiger partial charge >= 0.3 is 0 Å². The average molecular weight is 234 g/mol. The van der Waals surface area contributed by atoms with Crippen LogP contribution in [0, 0.1) is 6.92 Å². The normalized spacial score (nSPS) is 12.2. The Kier molecular flexibility index (Phi) is 5.70. The van der Waals surface area contributed by atoms with Gasteiger partial charge in [-0.1, -0.05) is 24.3 Å². The van der Waals surface area contributed by atoms with E-state index in [0.717, 1.165) is 13.0 Å². The van der Waals surface area contributed by atoms with E-state index in [1.165, 1.54) is 18.1 Å². The van der Waals surface area contributed by atoms with Gasteiger partial charge in [-0.3, -0.25) is 4.79 Å². The number of amides is 1. The molecule has 2 N–H and O–H groups in total. The molecule has 17 heavy (non-hydrogen) atoms. The third-order valence-corrected chi connectivity index (χ3v) is 2.78. The van der Waals surface area contributed by atoms with Crippen LogP contribution in [0.1, 0.15) is 25.0 Å². The molecule has 94 valence electrons. The number of hydrogen-bond acceptors (Lipinski definition) is 2. The van der Waals surface area contributed by atoms with Crippen LogP contribution in [0.4, 0.5) is 0 Å². The predicted octanol–water partition coefficient (Wildman–Crippen LogP) is 1.65. The fraction of sp³-hybridized carbons (Fsp3) is 0.500. The Hall–Kier alpha value is -1.35. The van der Waals surface area contributed by atoms with E-state index in [-0.39, 0.29) is 5.91 Å². The molecule has 0 spiro atoms. The van der Waals surface area contributed by atoms with Crippen molar-refractivity contribution < 1.29 is 4.79 Å². The molecule has 1 atom stereocenters. The van der Waals surface area contributed by atoms with Gasteiger partial charge in [0.2, 0.25) is 5.91 Å². The summed E-state index contributed by atoms with van der Waals surface area (Å²) in [4.78, 5) is 10.7. The first kappa shape index (κ1) is 13.7. The summed E-state index contributed by atoms with van der Waals surface area (Å²) >= 11 is 0. The summed E-state index contributed by atoms with van der Waals surface area (Å²) in [5, 5.41) is 6.17. The van der Waals surface area contributed by atoms with Gasteiger partial charge in [-0.05, 0) is 31.4 Å². The van der Waals surface area contributed by atoms with Crippen LogP contribution < -0.4 is 10.6 Å². The van der Waals surface area contributed by atoms with Crippen molar-refractivity contribution in [3.63, 3.8) is 0 Å². The van der Waals surface area contributed by atoms with Crippen molar-refractivity contribution in [2.24, 2.45) is 0 Å². The fourth-order valence-corrected chi connectivity index (χ4v) is 1.80. The molecule has 0 bridgehead atoms. The quantitative estimate of drug-likeness (QED) is 0.735. The molecular formula is C14H22N2O. The minimum Gasteiger partial charge on any atom is -0.355 e. The summed E-state index contributed by atoms with van der Waals surface area (Å²) < 4.78 is 0. The Morgan fingerprint density at radius 1 is 1.29 bits per heavy atom. The second-order valence-corrected chi connectivity index (χ2v) is 4.47. The fourth-order valence-electron chi connectivity index (χ4n) is 1.80. The molecule has 0 aromatic heterocycles. The third kappa shape index (κ3) is 5.50. The molecule has 0 aliphatic rings. The number of aryl methyl sites for hydroxylation is 1. The van der Waals surface area contributed by atoms with Crippen LogP contribution in [-0.4, -0.2) is 25.0 Å². The summed E-state index contributed by atoms with van der Waals surface area (Å²) in [5.74, 6) is 0.0263. The monoisotopic (exact) mass is 234 g/mol. The van der Waals surface area contributed by atoms with Crippen molar-refractivity contribution in [3.8, 4) is 0 Å². The lowest BCUT2D eigenvalue weighted by Crippen LogP contribution is -2.36. The zero-order valence-corrected chi connectivity index (χ0v) is 10.9. The smallest absolute Gasteiger partial charge is 0.216 e. The first-order chi connectivity index (χ1) is 8.09. The summed E-state index contributed by atoms with van der Waals surface area (Å²) in [6.07, 6.45) is 1.02. The predicted molar refractivity (Wildman–Crippen MR) is 71.0 cm³/mol. The first-order valence-corrected chi connectivity index (χ1v) is 6.12. The van der Waals surface area contributed by atoms with Crippen molar-refractivity contribution in [3.05, 3.63) is 35.4 Å². The Labute approximate surface area is 104 Å². The summed E-state index contributed by atoms with van der Waals surface area (Å²) in [5.41, 5.74) is 2.72. The lowest BCUT2D eigenvalue weighted by Gasteiger charge is -2.15. The van der Waals surface area contributed by atoms with E-state index in [1.54, 1.807) is 0 Å². The number of nitrogens with one attached hydrogen (secondary N) is 2. The molecule has 0 saturated carbocycles. The molecule has 0 radical (unpaired) electrons. The Balaban J connectivity index is 2.27. The standard InChI is InChI=1S/C14H22N2O/c1-11-6-4-5-7-14(11)10-12(2)15-8-9-16-13(3)17/h4-7,12,15H,8-10H2,1-3H3,(H,16,17). The average Bonchev–Trinajstić information content (AvgIpc) is 2.27. The second kappa shape index (κ2) is 7.07. The molecule has 1 unspecified atom stereocenters. The van der Waals surface area contributed by atoms with Gasteiger partial charge in [0.15, 0.2) is 0 Å². The highest BCUT2D eigenvalue weighted by Crippen LogP contribution is 2.09. The topological polar surface area (TPSA) is 41.1 Å². The van der Waals surface area contributed by atoms with Crippen molar-refractivity contribution >= 4 is 5.91 Å². The summed E-state index contributed by atoms with van der Waals surface area (Å²) in [7, 11) is 0. The van der Waals surface area contributed by atoms with Gasteiger partial charge in [0.05, 0.1) is 0 Å². The van der Waals surface area contributed by atoms with Crippen LogP contribution in [0.3, 0.4) is 0 Å². The summed E-state index contributed by atoms with van der Waals surface area (Å²) in [6.45, 7) is 7.34. The Morgan fingerprint density at radius 2 is 2.00 bits per heavy atom. The molecule has 3 heteroatoms. The minimum atomic E-state index is 0.0263. The van der Waals surface area contributed by atoms with Crippen LogP contribution >= 0.6 is 0 Å². The van der Waals surface area contributed by atoms with E-state index >= 15 is 0 Å². The highest BCUT2D eigenvalue weighted by molar-refractivity contribution is 5.72. The van der Waals surface area contributed by atoms with Crippen LogP contribution in [0.5, 0.6) is 0 Å². The molecular weight excluding hydrogens is 212 g/mol. The second-order valence-electron chi connectivity index (χ2n) is 4.47. The summed E-state index contributed by atoms with van der Waals surface area (Å²) in [6, 6.07) is 8.87. The third-order valence-electron chi connectivity index (χ3n) is 2.78. The van der Waals surface area contributed by atoms with Crippen LogP contribution in [0.2, 0.25) is 0 Å². The van der Waals surface area contributed by atoms with Gasteiger partial charge < -0.3 is 10.6 Å². The largest absolute Gasteiger partial charge is 0.355 e. The Bertz CT molecular complexity index is 363. The maximum absolute atomic E-state index is 10.7. The molecule has 0 aliphatic heterocycles. The van der Waals surface area contributed by atoms with Crippen molar-refractivity contribution in [2.45, 2.75) is 33.2 Å². The maximum atomic E-state index is 10.7. The van der Waals surface area contributed by atoms with Crippen LogP contribution in [0.25, 0.3) is 0 Å². The van der Waals surface area contributed by atoms with Crippen LogP contribution in [-0.2, 0) is 11.2 Å². The number of rotatable bonds is 6. The lowest BCUT2D eigenvalue weighted by molar-refractivity contribution is -0.118. The van der Waals surface area contributed by atoms with Gasteiger partial charge in [0, 0.05) is 26.1 Å². The van der Waals surface area contributed by atoms with Gasteiger partial charge in [-0.15, -0.1) is 0 Å².